The van der Waals surface area contributed by atoms with E-state index in [0.29, 0.717) is 18.5 Å². The molecule has 0 spiro atoms. The normalized spacial score (nSPS) is 20.6. The van der Waals surface area contributed by atoms with Gasteiger partial charge in [0.1, 0.15) is 30.1 Å². The van der Waals surface area contributed by atoms with Crippen molar-refractivity contribution in [3.8, 4) is 16.9 Å². The van der Waals surface area contributed by atoms with Crippen LogP contribution in [0.25, 0.3) is 22.2 Å². The van der Waals surface area contributed by atoms with Crippen LogP contribution in [0.2, 0.25) is 0 Å². The summed E-state index contributed by atoms with van der Waals surface area (Å²) in [4.78, 5) is 11.6. The Kier molecular flexibility index (Phi) is 6.35. The maximum atomic E-state index is 6.39. The largest absolute Gasteiger partial charge is 0.489 e. The monoisotopic (exact) mass is 485 g/mol. The quantitative estimate of drug-likeness (QED) is 0.385. The Morgan fingerprint density at radius 3 is 2.66 bits per heavy atom. The van der Waals surface area contributed by atoms with E-state index >= 15 is 0 Å². The molecule has 4 aromatic rings. The molecule has 2 N–H and O–H groups in total. The minimum absolute atomic E-state index is 0.460. The number of ether oxygens (including phenoxy) is 1. The smallest absolute Gasteiger partial charge is 0.146 e. The van der Waals surface area contributed by atoms with Crippen molar-refractivity contribution in [1.29, 1.82) is 0 Å². The number of benzene rings is 2. The van der Waals surface area contributed by atoms with E-state index in [1.54, 1.807) is 6.33 Å². The third-order valence-corrected chi connectivity index (χ3v) is 8.20. The summed E-state index contributed by atoms with van der Waals surface area (Å²) in [7, 11) is 0. The van der Waals surface area contributed by atoms with Crippen molar-refractivity contribution in [1.82, 2.24) is 19.4 Å². The van der Waals surface area contributed by atoms with Crippen molar-refractivity contribution in [2.24, 2.45) is 5.92 Å². The summed E-state index contributed by atoms with van der Waals surface area (Å²) in [6.07, 6.45) is 6.19. The van der Waals surface area contributed by atoms with Crippen LogP contribution in [0.3, 0.4) is 0 Å². The lowest BCUT2D eigenvalue weighted by atomic mass is 9.79. The average Bonchev–Trinajstić information content (AvgIpc) is 3.27. The van der Waals surface area contributed by atoms with E-state index in [9.17, 15) is 0 Å². The second kappa shape index (κ2) is 9.91. The van der Waals surface area contributed by atoms with Gasteiger partial charge in [0.25, 0.3) is 0 Å². The number of thioether (sulfide) groups is 1. The van der Waals surface area contributed by atoms with Gasteiger partial charge in [-0.05, 0) is 42.0 Å². The Labute approximate surface area is 210 Å². The summed E-state index contributed by atoms with van der Waals surface area (Å²) in [6, 6.07) is 18.9. The molecule has 180 valence electrons. The van der Waals surface area contributed by atoms with Gasteiger partial charge in [-0.3, -0.25) is 0 Å². The highest BCUT2D eigenvalue weighted by molar-refractivity contribution is 7.99. The van der Waals surface area contributed by atoms with E-state index in [4.69, 9.17) is 10.5 Å². The van der Waals surface area contributed by atoms with Crippen LogP contribution in [0.1, 0.15) is 24.4 Å². The minimum atomic E-state index is 0.460. The fraction of sp³-hybridized carbons (Fsp3) is 0.357. The van der Waals surface area contributed by atoms with E-state index < -0.39 is 0 Å². The average molecular weight is 486 g/mol. The van der Waals surface area contributed by atoms with Crippen LogP contribution in [-0.2, 0) is 6.61 Å². The molecule has 35 heavy (non-hydrogen) atoms. The summed E-state index contributed by atoms with van der Waals surface area (Å²) < 4.78 is 8.43. The second-order valence-corrected chi connectivity index (χ2v) is 10.8. The van der Waals surface area contributed by atoms with Gasteiger partial charge >= 0.3 is 0 Å². The molecule has 0 amide bonds. The van der Waals surface area contributed by atoms with Gasteiger partial charge in [0.15, 0.2) is 0 Å². The molecular weight excluding hydrogens is 454 g/mol. The van der Waals surface area contributed by atoms with E-state index in [1.807, 2.05) is 30.3 Å². The SMILES string of the molecule is Nc1ncnc2c1c(-c1cccc(OCc3ccccc3)c1)cn2[C@H]1C[C@H](CN2CCSCC2)C1. The first-order chi connectivity index (χ1) is 17.2. The van der Waals surface area contributed by atoms with Gasteiger partial charge < -0.3 is 19.9 Å². The number of nitrogens with two attached hydrogens (primary N) is 1. The molecule has 1 aliphatic heterocycles. The maximum Gasteiger partial charge on any atom is 0.146 e. The Morgan fingerprint density at radius 1 is 1.00 bits per heavy atom. The molecule has 6 nitrogen and oxygen atoms in total. The number of nitrogen functional groups attached to an aromatic ring is 1. The van der Waals surface area contributed by atoms with Crippen molar-refractivity contribution in [3.63, 3.8) is 0 Å². The lowest BCUT2D eigenvalue weighted by molar-refractivity contribution is 0.137. The number of hydrogen-bond donors (Lipinski definition) is 1. The summed E-state index contributed by atoms with van der Waals surface area (Å²) in [6.45, 7) is 4.22. The van der Waals surface area contributed by atoms with Gasteiger partial charge in [0.05, 0.1) is 5.39 Å². The number of anilines is 1. The molecule has 6 rings (SSSR count). The second-order valence-electron chi connectivity index (χ2n) is 9.61. The highest BCUT2D eigenvalue weighted by atomic mass is 32.2. The van der Waals surface area contributed by atoms with Crippen LogP contribution in [0.4, 0.5) is 5.82 Å². The highest BCUT2D eigenvalue weighted by Crippen LogP contribution is 2.43. The predicted molar refractivity (Wildman–Crippen MR) is 144 cm³/mol. The van der Waals surface area contributed by atoms with Gasteiger partial charge in [-0.1, -0.05) is 42.5 Å². The summed E-state index contributed by atoms with van der Waals surface area (Å²) in [5.41, 5.74) is 10.6. The van der Waals surface area contributed by atoms with Crippen molar-refractivity contribution >= 4 is 28.6 Å². The molecule has 2 aromatic heterocycles. The van der Waals surface area contributed by atoms with E-state index in [1.165, 1.54) is 44.0 Å². The Morgan fingerprint density at radius 2 is 1.83 bits per heavy atom. The van der Waals surface area contributed by atoms with Gasteiger partial charge in [0.2, 0.25) is 0 Å². The molecule has 3 heterocycles. The zero-order valence-electron chi connectivity index (χ0n) is 19.8. The van der Waals surface area contributed by atoms with Gasteiger partial charge in [0, 0.05) is 48.9 Å². The zero-order valence-corrected chi connectivity index (χ0v) is 20.7. The summed E-state index contributed by atoms with van der Waals surface area (Å²) >= 11 is 2.07. The van der Waals surface area contributed by atoms with Crippen molar-refractivity contribution in [2.45, 2.75) is 25.5 Å². The van der Waals surface area contributed by atoms with Crippen LogP contribution in [0, 0.1) is 5.92 Å². The molecule has 2 fully saturated rings. The Bertz CT molecular complexity index is 1300. The number of nitrogens with zero attached hydrogens (tertiary/aromatic N) is 4. The van der Waals surface area contributed by atoms with E-state index in [0.717, 1.165) is 39.4 Å². The third-order valence-electron chi connectivity index (χ3n) is 7.26. The zero-order chi connectivity index (χ0) is 23.6. The molecule has 2 aliphatic rings. The molecule has 1 saturated heterocycles. The number of hydrogen-bond acceptors (Lipinski definition) is 6. The Balaban J connectivity index is 1.23. The van der Waals surface area contributed by atoms with Crippen LogP contribution >= 0.6 is 11.8 Å². The van der Waals surface area contributed by atoms with Crippen molar-refractivity contribution < 1.29 is 4.74 Å². The van der Waals surface area contributed by atoms with Gasteiger partial charge in [-0.15, -0.1) is 0 Å². The molecule has 0 unspecified atom stereocenters. The van der Waals surface area contributed by atoms with Crippen molar-refractivity contribution in [2.75, 3.05) is 36.9 Å². The first-order valence-corrected chi connectivity index (χ1v) is 13.6. The van der Waals surface area contributed by atoms with Gasteiger partial charge in [-0.25, -0.2) is 9.97 Å². The molecule has 2 aromatic carbocycles. The highest BCUT2D eigenvalue weighted by Gasteiger charge is 2.33. The number of rotatable bonds is 7. The lowest BCUT2D eigenvalue weighted by Crippen LogP contribution is -2.40. The fourth-order valence-electron chi connectivity index (χ4n) is 5.33. The molecule has 1 saturated carbocycles. The van der Waals surface area contributed by atoms with Crippen LogP contribution in [-0.4, -0.2) is 50.6 Å². The van der Waals surface area contributed by atoms with Crippen LogP contribution < -0.4 is 10.5 Å². The van der Waals surface area contributed by atoms with E-state index in [2.05, 4.69) is 61.7 Å². The van der Waals surface area contributed by atoms with Gasteiger partial charge in [-0.2, -0.15) is 11.8 Å². The lowest BCUT2D eigenvalue weighted by Gasteiger charge is -2.40. The third kappa shape index (κ3) is 4.75. The maximum absolute atomic E-state index is 6.39. The molecule has 0 bridgehead atoms. The van der Waals surface area contributed by atoms with Crippen LogP contribution in [0.5, 0.6) is 5.75 Å². The first-order valence-electron chi connectivity index (χ1n) is 12.4. The number of fused-ring (bicyclic) bond motifs is 1. The molecule has 1 aliphatic carbocycles. The Hall–Kier alpha value is -3.03. The van der Waals surface area contributed by atoms with Crippen molar-refractivity contribution in [3.05, 3.63) is 72.7 Å². The molecule has 7 heteroatoms. The van der Waals surface area contributed by atoms with Crippen LogP contribution in [0.15, 0.2) is 67.1 Å². The molecular formula is C28H31N5OS. The fourth-order valence-corrected chi connectivity index (χ4v) is 6.30. The standard InChI is InChI=1S/C28H31N5OS/c29-27-26-25(22-7-4-8-24(15-22)34-18-20-5-2-1-3-6-20)17-33(28(26)31-19-30-27)23-13-21(14-23)16-32-9-11-35-12-10-32/h1-8,15,17,19,21,23H,9-14,16,18H2,(H2,29,30,31)/t21-,23-. The predicted octanol–water partition coefficient (Wildman–Crippen LogP) is 5.26. The minimum Gasteiger partial charge on any atom is -0.489 e. The number of aromatic nitrogens is 3. The summed E-state index contributed by atoms with van der Waals surface area (Å²) in [5.74, 6) is 4.67. The topological polar surface area (TPSA) is 69.2 Å². The first kappa shape index (κ1) is 22.4. The molecule has 0 atom stereocenters. The van der Waals surface area contributed by atoms with E-state index in [-0.39, 0.29) is 0 Å². The summed E-state index contributed by atoms with van der Waals surface area (Å²) in [5, 5.41) is 0.934. The molecule has 0 radical (unpaired) electrons.